The van der Waals surface area contributed by atoms with E-state index in [1.54, 1.807) is 22.7 Å². The van der Waals surface area contributed by atoms with Gasteiger partial charge in [0.05, 0.1) is 3.79 Å². The molecule has 14 heavy (non-hydrogen) atoms. The molecular weight excluding hydrogens is 348 g/mol. The van der Waals surface area contributed by atoms with E-state index in [0.717, 1.165) is 18.7 Å². The van der Waals surface area contributed by atoms with Crippen LogP contribution < -0.4 is 0 Å². The first kappa shape index (κ1) is 10.8. The minimum absolute atomic E-state index is 0.506. The normalized spacial score (nSPS) is 13.1. The fraction of sp³-hybridized carbons (Fsp3) is 0.111. The van der Waals surface area contributed by atoms with Crippen LogP contribution in [0.1, 0.15) is 16.5 Å². The largest absolute Gasteiger partial charge is 0.383 e. The molecule has 1 unspecified atom stereocenters. The molecule has 1 N–H and O–H groups in total. The molecule has 0 amide bonds. The van der Waals surface area contributed by atoms with Crippen molar-refractivity contribution in [2.75, 3.05) is 0 Å². The molecule has 1 nitrogen and oxygen atoms in total. The van der Waals surface area contributed by atoms with Crippen LogP contribution in [0.4, 0.5) is 0 Å². The summed E-state index contributed by atoms with van der Waals surface area (Å²) in [4.78, 5) is 0.946. The van der Waals surface area contributed by atoms with Crippen LogP contribution >= 0.6 is 54.5 Å². The maximum atomic E-state index is 9.99. The molecule has 0 aliphatic rings. The van der Waals surface area contributed by atoms with E-state index in [1.807, 2.05) is 22.9 Å². The van der Waals surface area contributed by atoms with Crippen LogP contribution in [-0.4, -0.2) is 5.11 Å². The van der Waals surface area contributed by atoms with Crippen molar-refractivity contribution in [1.82, 2.24) is 0 Å². The summed E-state index contributed by atoms with van der Waals surface area (Å²) < 4.78 is 2.01. The molecule has 0 aromatic carbocycles. The van der Waals surface area contributed by atoms with Crippen molar-refractivity contribution >= 4 is 54.5 Å². The van der Waals surface area contributed by atoms with Gasteiger partial charge in [-0.3, -0.25) is 0 Å². The van der Waals surface area contributed by atoms with Crippen LogP contribution in [0.3, 0.4) is 0 Å². The Morgan fingerprint density at radius 1 is 1.36 bits per heavy atom. The van der Waals surface area contributed by atoms with Gasteiger partial charge >= 0.3 is 0 Å². The van der Waals surface area contributed by atoms with Gasteiger partial charge < -0.3 is 5.11 Å². The number of hydrogen-bond donors (Lipinski definition) is 1. The lowest BCUT2D eigenvalue weighted by atomic mass is 10.2. The van der Waals surface area contributed by atoms with Gasteiger partial charge in [-0.05, 0) is 60.3 Å². The molecule has 0 radical (unpaired) electrons. The highest BCUT2D eigenvalue weighted by molar-refractivity contribution is 9.13. The average Bonchev–Trinajstić information content (AvgIpc) is 2.76. The molecular formula is C9H6Br2OS2. The van der Waals surface area contributed by atoms with Crippen LogP contribution in [-0.2, 0) is 0 Å². The van der Waals surface area contributed by atoms with E-state index >= 15 is 0 Å². The van der Waals surface area contributed by atoms with Gasteiger partial charge in [0, 0.05) is 9.35 Å². The first-order valence-corrected chi connectivity index (χ1v) is 7.18. The van der Waals surface area contributed by atoms with E-state index in [4.69, 9.17) is 0 Å². The third-order valence-electron chi connectivity index (χ3n) is 1.79. The van der Waals surface area contributed by atoms with Crippen molar-refractivity contribution in [2.45, 2.75) is 6.10 Å². The van der Waals surface area contributed by atoms with Crippen molar-refractivity contribution in [3.63, 3.8) is 0 Å². The zero-order chi connectivity index (χ0) is 10.1. The molecule has 2 aromatic heterocycles. The number of aliphatic hydroxyl groups excluding tert-OH is 1. The minimum Gasteiger partial charge on any atom is -0.383 e. The Bertz CT molecular complexity index is 402. The molecule has 2 aromatic rings. The van der Waals surface area contributed by atoms with Crippen molar-refractivity contribution < 1.29 is 5.11 Å². The lowest BCUT2D eigenvalue weighted by molar-refractivity contribution is 0.224. The quantitative estimate of drug-likeness (QED) is 0.847. The summed E-state index contributed by atoms with van der Waals surface area (Å²) in [6.45, 7) is 0. The number of hydrogen-bond acceptors (Lipinski definition) is 3. The summed E-state index contributed by atoms with van der Waals surface area (Å²) in [7, 11) is 0. The van der Waals surface area contributed by atoms with Gasteiger partial charge in [-0.25, -0.2) is 0 Å². The molecule has 2 rings (SSSR count). The van der Waals surface area contributed by atoms with Gasteiger partial charge in [-0.15, -0.1) is 11.3 Å². The summed E-state index contributed by atoms with van der Waals surface area (Å²) in [5.41, 5.74) is 0.955. The van der Waals surface area contributed by atoms with Gasteiger partial charge in [-0.1, -0.05) is 0 Å². The third-order valence-corrected chi connectivity index (χ3v) is 5.80. The lowest BCUT2D eigenvalue weighted by Gasteiger charge is -2.04. The molecule has 0 spiro atoms. The van der Waals surface area contributed by atoms with Gasteiger partial charge in [0.1, 0.15) is 6.10 Å². The highest BCUT2D eigenvalue weighted by atomic mass is 79.9. The topological polar surface area (TPSA) is 20.2 Å². The SMILES string of the molecule is OC(c1ccsc1)c1cc(Br)c(Br)s1. The van der Waals surface area contributed by atoms with E-state index in [1.165, 1.54) is 0 Å². The summed E-state index contributed by atoms with van der Waals surface area (Å²) in [6, 6.07) is 3.88. The molecule has 1 atom stereocenters. The Morgan fingerprint density at radius 2 is 2.14 bits per heavy atom. The first-order chi connectivity index (χ1) is 6.68. The Hall–Kier alpha value is 0.320. The minimum atomic E-state index is -0.506. The summed E-state index contributed by atoms with van der Waals surface area (Å²) in [6.07, 6.45) is -0.506. The average molecular weight is 354 g/mol. The van der Waals surface area contributed by atoms with Crippen molar-refractivity contribution in [2.24, 2.45) is 0 Å². The van der Waals surface area contributed by atoms with Crippen LogP contribution in [0.5, 0.6) is 0 Å². The van der Waals surface area contributed by atoms with Gasteiger partial charge in [0.2, 0.25) is 0 Å². The second kappa shape index (κ2) is 4.45. The molecule has 74 valence electrons. The van der Waals surface area contributed by atoms with E-state index in [2.05, 4.69) is 31.9 Å². The zero-order valence-electron chi connectivity index (χ0n) is 6.91. The van der Waals surface area contributed by atoms with E-state index in [-0.39, 0.29) is 0 Å². The second-order valence-electron chi connectivity index (χ2n) is 2.73. The molecule has 0 saturated carbocycles. The molecule has 0 saturated heterocycles. The molecule has 2 heterocycles. The molecule has 5 heteroatoms. The van der Waals surface area contributed by atoms with Gasteiger partial charge in [0.25, 0.3) is 0 Å². The van der Waals surface area contributed by atoms with Crippen LogP contribution in [0.25, 0.3) is 0 Å². The predicted octanol–water partition coefficient (Wildman–Crippen LogP) is 4.42. The molecule has 0 aliphatic carbocycles. The maximum Gasteiger partial charge on any atom is 0.114 e. The third kappa shape index (κ3) is 2.12. The van der Waals surface area contributed by atoms with Crippen LogP contribution in [0.2, 0.25) is 0 Å². The smallest absolute Gasteiger partial charge is 0.114 e. The molecule has 0 aliphatic heterocycles. The van der Waals surface area contributed by atoms with Crippen molar-refractivity contribution in [3.8, 4) is 0 Å². The fourth-order valence-corrected chi connectivity index (χ4v) is 3.88. The highest BCUT2D eigenvalue weighted by Crippen LogP contribution is 2.37. The van der Waals surface area contributed by atoms with E-state index in [9.17, 15) is 5.11 Å². The Balaban J connectivity index is 2.32. The van der Waals surface area contributed by atoms with Crippen molar-refractivity contribution in [1.29, 1.82) is 0 Å². The van der Waals surface area contributed by atoms with Crippen LogP contribution in [0.15, 0.2) is 31.2 Å². The molecule has 0 fully saturated rings. The number of aliphatic hydroxyl groups is 1. The zero-order valence-corrected chi connectivity index (χ0v) is 11.7. The number of thiophene rings is 2. The molecule has 0 bridgehead atoms. The van der Waals surface area contributed by atoms with E-state index in [0.29, 0.717) is 0 Å². The number of halogens is 2. The summed E-state index contributed by atoms with van der Waals surface area (Å²) >= 11 is 9.95. The lowest BCUT2D eigenvalue weighted by Crippen LogP contribution is -1.93. The number of rotatable bonds is 2. The van der Waals surface area contributed by atoms with Gasteiger partial charge in [0.15, 0.2) is 0 Å². The van der Waals surface area contributed by atoms with E-state index < -0.39 is 6.10 Å². The second-order valence-corrected chi connectivity index (χ2v) is 6.77. The highest BCUT2D eigenvalue weighted by Gasteiger charge is 2.14. The standard InChI is InChI=1S/C9H6Br2OS2/c10-6-3-7(14-9(6)11)8(12)5-1-2-13-4-5/h1-4,8,12H. The monoisotopic (exact) mass is 352 g/mol. The van der Waals surface area contributed by atoms with Crippen molar-refractivity contribution in [3.05, 3.63) is 41.6 Å². The first-order valence-electron chi connectivity index (χ1n) is 3.83. The Labute approximate surface area is 107 Å². The van der Waals surface area contributed by atoms with Gasteiger partial charge in [-0.2, -0.15) is 11.3 Å². The predicted molar refractivity (Wildman–Crippen MR) is 68.1 cm³/mol. The maximum absolute atomic E-state index is 9.99. The Morgan fingerprint density at radius 3 is 2.64 bits per heavy atom. The fourth-order valence-electron chi connectivity index (χ4n) is 1.09. The van der Waals surface area contributed by atoms with Crippen LogP contribution in [0, 0.1) is 0 Å². The summed E-state index contributed by atoms with van der Waals surface area (Å²) in [5, 5.41) is 13.9. The Kier molecular flexibility index (Phi) is 3.44. The summed E-state index contributed by atoms with van der Waals surface area (Å²) in [5.74, 6) is 0.